The van der Waals surface area contributed by atoms with Gasteiger partial charge in [-0.2, -0.15) is 14.4 Å². The minimum absolute atomic E-state index is 0.195. The molecule has 4 rings (SSSR count). The van der Waals surface area contributed by atoms with E-state index in [0.29, 0.717) is 30.1 Å². The van der Waals surface area contributed by atoms with Crippen molar-refractivity contribution in [1.82, 2.24) is 4.31 Å². The molecule has 0 bridgehead atoms. The minimum Gasteiger partial charge on any atom is -0.399 e. The van der Waals surface area contributed by atoms with E-state index in [9.17, 15) is 13.2 Å². The molecule has 0 fully saturated rings. The van der Waals surface area contributed by atoms with Crippen molar-refractivity contribution >= 4 is 38.7 Å². The number of carbonyl (C=O) groups excluding carboxylic acids is 1. The third-order valence-corrected chi connectivity index (χ3v) is 8.76. The molecule has 3 aromatic rings. The zero-order valence-corrected chi connectivity index (χ0v) is 24.7. The van der Waals surface area contributed by atoms with Gasteiger partial charge in [0.25, 0.3) is 5.91 Å². The zero-order valence-electron chi connectivity index (χ0n) is 23.9. The van der Waals surface area contributed by atoms with Gasteiger partial charge in [0.2, 0.25) is 10.0 Å². The minimum atomic E-state index is -3.55. The summed E-state index contributed by atoms with van der Waals surface area (Å²) in [7, 11) is -3.55. The lowest BCUT2D eigenvalue weighted by Crippen LogP contribution is -2.30. The van der Waals surface area contributed by atoms with Crippen LogP contribution in [0, 0.1) is 0 Å². The Hall–Kier alpha value is -3.95. The van der Waals surface area contributed by atoms with E-state index >= 15 is 0 Å². The number of amides is 1. The molecular formula is C31H39N5O3S. The molecule has 1 aliphatic heterocycles. The lowest BCUT2D eigenvalue weighted by Gasteiger charge is -2.19. The summed E-state index contributed by atoms with van der Waals surface area (Å²) >= 11 is 0. The average molecular weight is 562 g/mol. The Morgan fingerprint density at radius 2 is 1.45 bits per heavy atom. The number of aryl methyl sites for hydroxylation is 2. The van der Waals surface area contributed by atoms with Gasteiger partial charge in [0, 0.05) is 30.7 Å². The second kappa shape index (κ2) is 13.9. The number of nitrogens with one attached hydrogen (secondary N) is 1. The van der Waals surface area contributed by atoms with E-state index in [4.69, 9.17) is 5.73 Å². The van der Waals surface area contributed by atoms with Gasteiger partial charge >= 0.3 is 0 Å². The summed E-state index contributed by atoms with van der Waals surface area (Å²) in [5.41, 5.74) is 11.4. The molecule has 9 heteroatoms. The number of hydrazone groups is 1. The van der Waals surface area contributed by atoms with Gasteiger partial charge < -0.3 is 11.1 Å². The molecule has 0 atom stereocenters. The lowest BCUT2D eigenvalue weighted by atomic mass is 10.1. The van der Waals surface area contributed by atoms with Crippen LogP contribution >= 0.6 is 0 Å². The number of anilines is 3. The van der Waals surface area contributed by atoms with Gasteiger partial charge in [0.15, 0.2) is 0 Å². The number of hydrogen-bond acceptors (Lipinski definition) is 6. The Morgan fingerprint density at radius 3 is 2.00 bits per heavy atom. The second-order valence-electron chi connectivity index (χ2n) is 9.15. The van der Waals surface area contributed by atoms with E-state index in [0.717, 1.165) is 29.8 Å². The molecule has 0 radical (unpaired) electrons. The normalized spacial score (nSPS) is 14.2. The number of carbonyl (C=O) groups is 1. The van der Waals surface area contributed by atoms with Gasteiger partial charge in [-0.25, -0.2) is 8.42 Å². The van der Waals surface area contributed by atoms with E-state index in [2.05, 4.69) is 30.3 Å². The third kappa shape index (κ3) is 6.97. The number of hydrogen-bond donors (Lipinski definition) is 2. The molecule has 8 nitrogen and oxygen atoms in total. The Labute approximate surface area is 238 Å². The molecule has 1 amide bonds. The zero-order chi connectivity index (χ0) is 29.3. The SMILES string of the molecule is CCc1ccccc1N.CCc1ccccc1NC=C1C(=O)N(c2ccc(S(=O)(=O)N(CC)CC)cc2)N=C1C. The van der Waals surface area contributed by atoms with Crippen LogP contribution in [0.2, 0.25) is 0 Å². The van der Waals surface area contributed by atoms with E-state index in [1.54, 1.807) is 39.1 Å². The van der Waals surface area contributed by atoms with Crippen molar-refractivity contribution in [1.29, 1.82) is 0 Å². The van der Waals surface area contributed by atoms with Crippen LogP contribution in [0.5, 0.6) is 0 Å². The highest BCUT2D eigenvalue weighted by atomic mass is 32.2. The van der Waals surface area contributed by atoms with Crippen LogP contribution < -0.4 is 16.1 Å². The smallest absolute Gasteiger partial charge is 0.282 e. The number of nitrogens with two attached hydrogens (primary N) is 1. The summed E-state index contributed by atoms with van der Waals surface area (Å²) in [5, 5.41) is 8.88. The Bertz CT molecular complexity index is 1480. The highest BCUT2D eigenvalue weighted by Crippen LogP contribution is 2.26. The van der Waals surface area contributed by atoms with Gasteiger partial charge in [0.1, 0.15) is 0 Å². The van der Waals surface area contributed by atoms with Crippen LogP contribution in [0.4, 0.5) is 17.1 Å². The van der Waals surface area contributed by atoms with Crippen LogP contribution in [0.1, 0.15) is 45.7 Å². The van der Waals surface area contributed by atoms with Gasteiger partial charge in [-0.3, -0.25) is 4.79 Å². The van der Waals surface area contributed by atoms with E-state index in [1.165, 1.54) is 27.0 Å². The molecule has 0 aromatic heterocycles. The first-order chi connectivity index (χ1) is 19.2. The summed E-state index contributed by atoms with van der Waals surface area (Å²) in [4.78, 5) is 13.1. The molecule has 1 aliphatic rings. The molecule has 212 valence electrons. The van der Waals surface area contributed by atoms with Crippen molar-refractivity contribution in [2.75, 3.05) is 29.1 Å². The number of nitrogens with zero attached hydrogens (tertiary/aromatic N) is 3. The summed E-state index contributed by atoms with van der Waals surface area (Å²) in [6.45, 7) is 10.4. The number of benzene rings is 3. The van der Waals surface area contributed by atoms with Crippen molar-refractivity contribution in [2.24, 2.45) is 5.10 Å². The monoisotopic (exact) mass is 561 g/mol. The number of sulfonamides is 1. The van der Waals surface area contributed by atoms with E-state index < -0.39 is 10.0 Å². The van der Waals surface area contributed by atoms with Gasteiger partial charge in [-0.1, -0.05) is 64.1 Å². The van der Waals surface area contributed by atoms with Gasteiger partial charge in [-0.05, 0) is 67.3 Å². The first-order valence-electron chi connectivity index (χ1n) is 13.6. The van der Waals surface area contributed by atoms with Crippen molar-refractivity contribution in [3.05, 3.63) is 95.7 Å². The molecule has 40 heavy (non-hydrogen) atoms. The molecule has 1 heterocycles. The summed E-state index contributed by atoms with van der Waals surface area (Å²) in [6, 6.07) is 22.1. The fourth-order valence-electron chi connectivity index (χ4n) is 4.31. The van der Waals surface area contributed by atoms with Crippen LogP contribution in [0.15, 0.2) is 94.6 Å². The maximum absolute atomic E-state index is 13.0. The Morgan fingerprint density at radius 1 is 0.875 bits per heavy atom. The van der Waals surface area contributed by atoms with E-state index in [1.807, 2.05) is 42.5 Å². The van der Waals surface area contributed by atoms with Gasteiger partial charge in [-0.15, -0.1) is 0 Å². The Balaban J connectivity index is 0.000000415. The first-order valence-corrected chi connectivity index (χ1v) is 15.0. The predicted octanol–water partition coefficient (Wildman–Crippen LogP) is 5.83. The van der Waals surface area contributed by atoms with Crippen molar-refractivity contribution < 1.29 is 13.2 Å². The highest BCUT2D eigenvalue weighted by Gasteiger charge is 2.29. The summed E-state index contributed by atoms with van der Waals surface area (Å²) in [6.07, 6.45) is 3.57. The van der Waals surface area contributed by atoms with Crippen molar-refractivity contribution in [3.8, 4) is 0 Å². The Kier molecular flexibility index (Phi) is 10.6. The third-order valence-electron chi connectivity index (χ3n) is 6.69. The average Bonchev–Trinajstić information content (AvgIpc) is 3.25. The largest absolute Gasteiger partial charge is 0.399 e. The van der Waals surface area contributed by atoms with E-state index in [-0.39, 0.29) is 10.8 Å². The van der Waals surface area contributed by atoms with Crippen LogP contribution in [0.3, 0.4) is 0 Å². The first kappa shape index (κ1) is 30.6. The molecular weight excluding hydrogens is 522 g/mol. The number of rotatable bonds is 9. The second-order valence-corrected chi connectivity index (χ2v) is 11.1. The molecule has 3 N–H and O–H groups in total. The summed E-state index contributed by atoms with van der Waals surface area (Å²) < 4.78 is 26.7. The molecule has 0 unspecified atom stereocenters. The maximum atomic E-state index is 13.0. The van der Waals surface area contributed by atoms with Gasteiger partial charge in [0.05, 0.1) is 21.9 Å². The van der Waals surface area contributed by atoms with Crippen molar-refractivity contribution in [3.63, 3.8) is 0 Å². The highest BCUT2D eigenvalue weighted by molar-refractivity contribution is 7.89. The quantitative estimate of drug-likeness (QED) is 0.252. The fourth-order valence-corrected chi connectivity index (χ4v) is 5.76. The molecule has 0 spiro atoms. The maximum Gasteiger partial charge on any atom is 0.282 e. The topological polar surface area (TPSA) is 108 Å². The molecule has 0 aliphatic carbocycles. The summed E-state index contributed by atoms with van der Waals surface area (Å²) in [5.74, 6) is -0.265. The molecule has 0 saturated heterocycles. The number of nitrogen functional groups attached to an aromatic ring is 1. The van der Waals surface area contributed by atoms with Crippen LogP contribution in [0.25, 0.3) is 0 Å². The number of para-hydroxylation sites is 2. The van der Waals surface area contributed by atoms with Crippen LogP contribution in [-0.4, -0.2) is 37.4 Å². The predicted molar refractivity (Wildman–Crippen MR) is 165 cm³/mol. The molecule has 3 aromatic carbocycles. The van der Waals surface area contributed by atoms with Crippen LogP contribution in [-0.2, 0) is 27.7 Å². The molecule has 0 saturated carbocycles. The van der Waals surface area contributed by atoms with Crippen molar-refractivity contribution in [2.45, 2.75) is 52.4 Å². The fraction of sp³-hybridized carbons (Fsp3) is 0.290. The standard InChI is InChI=1S/C23H28N4O3S.C8H11N/c1-5-18-10-8-9-11-22(18)24-16-21-17(4)25-27(23(21)28)19-12-14-20(15-13-19)31(29,30)26(6-2)7-3;1-2-7-5-3-4-6-8(7)9/h8-16,24H,5-7H2,1-4H3;3-6H,2,9H2,1H3. The lowest BCUT2D eigenvalue weighted by molar-refractivity contribution is -0.114.